The molecule has 0 amide bonds. The molecule has 84 valence electrons. The monoisotopic (exact) mass is 232 g/mol. The van der Waals surface area contributed by atoms with Crippen LogP contribution in [0.15, 0.2) is 0 Å². The number of halogens is 8. The van der Waals surface area contributed by atoms with Gasteiger partial charge in [-0.15, -0.1) is 13.2 Å². The first-order valence-corrected chi connectivity index (χ1v) is 2.62. The Balaban J connectivity index is 5.04. The van der Waals surface area contributed by atoms with E-state index in [9.17, 15) is 39.9 Å². The Morgan fingerprint density at radius 1 is 0.929 bits per heavy atom. The summed E-state index contributed by atoms with van der Waals surface area (Å²) in [4.78, 5) is 9.40. The Hall–Kier alpha value is -0.930. The summed E-state index contributed by atoms with van der Waals surface area (Å²) in [6.45, 7) is 0. The minimum Gasteiger partial charge on any atom is -0.254 e. The van der Waals surface area contributed by atoms with E-state index >= 15 is 0 Å². The minimum absolute atomic E-state index is 1.73. The highest BCUT2D eigenvalue weighted by Crippen LogP contribution is 2.40. The number of alkyl halides is 7. The highest BCUT2D eigenvalue weighted by atomic mass is 19.4. The Bertz CT molecular complexity index is 228. The Kier molecular flexibility index (Phi) is 3.11. The van der Waals surface area contributed by atoms with Crippen LogP contribution < -0.4 is 0 Å². The van der Waals surface area contributed by atoms with Crippen LogP contribution in [0.3, 0.4) is 0 Å². The van der Waals surface area contributed by atoms with E-state index in [0.717, 1.165) is 0 Å². The van der Waals surface area contributed by atoms with Gasteiger partial charge in [0.05, 0.1) is 0 Å². The third-order valence-electron chi connectivity index (χ3n) is 0.874. The second-order valence-corrected chi connectivity index (χ2v) is 1.91. The van der Waals surface area contributed by atoms with Crippen molar-refractivity contribution in [1.29, 1.82) is 0 Å². The molecule has 0 radical (unpaired) electrons. The maximum Gasteiger partial charge on any atom is 0.525 e. The van der Waals surface area contributed by atoms with E-state index in [2.05, 4.69) is 0 Å². The molecule has 10 heteroatoms. The molecule has 2 nitrogen and oxygen atoms in total. The number of hydrogen-bond donors (Lipinski definition) is 0. The topological polar surface area (TPSA) is 26.3 Å². The molecule has 0 aliphatic rings. The fourth-order valence-electron chi connectivity index (χ4n) is 0.369. The average molecular weight is 232 g/mol. The van der Waals surface area contributed by atoms with Crippen molar-refractivity contribution in [2.75, 3.05) is 0 Å². The van der Waals surface area contributed by atoms with Gasteiger partial charge in [-0.1, -0.05) is 0 Å². The fourth-order valence-corrected chi connectivity index (χ4v) is 0.369. The normalized spacial score (nSPS) is 17.7. The van der Waals surface area contributed by atoms with E-state index in [4.69, 9.17) is 0 Å². The van der Waals surface area contributed by atoms with Crippen molar-refractivity contribution in [1.82, 2.24) is 0 Å². The van der Waals surface area contributed by atoms with Crippen molar-refractivity contribution in [2.24, 2.45) is 0 Å². The lowest BCUT2D eigenvalue weighted by molar-refractivity contribution is -0.434. The molecular formula is C4F8O2. The summed E-state index contributed by atoms with van der Waals surface area (Å²) < 4.78 is 93.0. The molecule has 0 spiro atoms. The largest absolute Gasteiger partial charge is 0.525 e. The lowest BCUT2D eigenvalue weighted by atomic mass is 10.3. The van der Waals surface area contributed by atoms with Crippen molar-refractivity contribution in [3.63, 3.8) is 0 Å². The van der Waals surface area contributed by atoms with Crippen molar-refractivity contribution < 1.29 is 44.7 Å². The quantitative estimate of drug-likeness (QED) is 0.539. The van der Waals surface area contributed by atoms with Gasteiger partial charge in [0.25, 0.3) is 0 Å². The van der Waals surface area contributed by atoms with Crippen molar-refractivity contribution in [3.8, 4) is 0 Å². The summed E-state index contributed by atoms with van der Waals surface area (Å²) in [5, 5.41) is 0. The lowest BCUT2D eigenvalue weighted by Crippen LogP contribution is -2.51. The molecule has 0 unspecified atom stereocenters. The SMILES string of the molecule is O=C(F)[C@@](F)(OC(F)(F)F)C(F)(F)F. The van der Waals surface area contributed by atoms with Gasteiger partial charge in [-0.05, 0) is 0 Å². The van der Waals surface area contributed by atoms with Gasteiger partial charge in [0.1, 0.15) is 0 Å². The number of ether oxygens (including phenoxy) is 1. The zero-order valence-corrected chi connectivity index (χ0v) is 5.84. The second kappa shape index (κ2) is 3.33. The van der Waals surface area contributed by atoms with Crippen molar-refractivity contribution >= 4 is 6.04 Å². The predicted octanol–water partition coefficient (Wildman–Crippen LogP) is 2.25. The molecule has 0 N–H and O–H groups in total. The van der Waals surface area contributed by atoms with Gasteiger partial charge in [-0.3, -0.25) is 4.79 Å². The van der Waals surface area contributed by atoms with Gasteiger partial charge < -0.3 is 0 Å². The molecule has 0 aromatic carbocycles. The second-order valence-electron chi connectivity index (χ2n) is 1.91. The molecule has 0 rings (SSSR count). The minimum atomic E-state index is -6.45. The lowest BCUT2D eigenvalue weighted by Gasteiger charge is -2.23. The van der Waals surface area contributed by atoms with Crippen LogP contribution in [-0.2, 0) is 9.53 Å². The molecule has 0 saturated heterocycles. The Morgan fingerprint density at radius 2 is 1.29 bits per heavy atom. The first-order valence-electron chi connectivity index (χ1n) is 2.62. The van der Waals surface area contributed by atoms with Crippen LogP contribution in [0.4, 0.5) is 35.1 Å². The summed E-state index contributed by atoms with van der Waals surface area (Å²) in [5.74, 6) is -6.01. The molecule has 14 heavy (non-hydrogen) atoms. The van der Waals surface area contributed by atoms with Gasteiger partial charge in [0.15, 0.2) is 0 Å². The zero-order chi connectivity index (χ0) is 11.8. The molecule has 0 aliphatic carbocycles. The molecular weight excluding hydrogens is 232 g/mol. The number of rotatable bonds is 2. The van der Waals surface area contributed by atoms with Gasteiger partial charge in [-0.25, -0.2) is 4.74 Å². The van der Waals surface area contributed by atoms with Gasteiger partial charge in [0.2, 0.25) is 0 Å². The van der Waals surface area contributed by atoms with E-state index in [1.54, 1.807) is 4.74 Å². The third-order valence-corrected chi connectivity index (χ3v) is 0.874. The van der Waals surface area contributed by atoms with E-state index in [1.807, 2.05) is 0 Å². The van der Waals surface area contributed by atoms with E-state index in [1.165, 1.54) is 0 Å². The van der Waals surface area contributed by atoms with Crippen LogP contribution in [-0.4, -0.2) is 24.4 Å². The summed E-state index contributed by atoms with van der Waals surface area (Å²) in [7, 11) is 0. The number of carbonyl (C=O) groups is 1. The van der Waals surface area contributed by atoms with Gasteiger partial charge in [0, 0.05) is 0 Å². The van der Waals surface area contributed by atoms with Gasteiger partial charge >= 0.3 is 24.4 Å². The smallest absolute Gasteiger partial charge is 0.254 e. The van der Waals surface area contributed by atoms with Crippen LogP contribution >= 0.6 is 0 Å². The highest BCUT2D eigenvalue weighted by molar-refractivity contribution is 5.77. The summed E-state index contributed by atoms with van der Waals surface area (Å²) in [6.07, 6.45) is -12.6. The molecule has 0 aliphatic heterocycles. The molecule has 0 saturated carbocycles. The predicted molar refractivity (Wildman–Crippen MR) is 23.1 cm³/mol. The van der Waals surface area contributed by atoms with Crippen molar-refractivity contribution in [3.05, 3.63) is 0 Å². The van der Waals surface area contributed by atoms with Crippen LogP contribution in [0.25, 0.3) is 0 Å². The Labute approximate surface area is 70.4 Å². The zero-order valence-electron chi connectivity index (χ0n) is 5.84. The molecule has 0 heterocycles. The molecule has 0 aromatic rings. The number of carbonyl (C=O) groups excluding carboxylic acids is 1. The summed E-state index contributed by atoms with van der Waals surface area (Å²) in [6, 6.07) is -3.93. The molecule has 0 fully saturated rings. The van der Waals surface area contributed by atoms with Crippen molar-refractivity contribution in [2.45, 2.75) is 18.4 Å². The van der Waals surface area contributed by atoms with Gasteiger partial charge in [-0.2, -0.15) is 22.0 Å². The van der Waals surface area contributed by atoms with Crippen LogP contribution in [0.1, 0.15) is 0 Å². The van der Waals surface area contributed by atoms with E-state index in [0.29, 0.717) is 0 Å². The van der Waals surface area contributed by atoms with Crippen LogP contribution in [0.2, 0.25) is 0 Å². The maximum absolute atomic E-state index is 12.1. The highest BCUT2D eigenvalue weighted by Gasteiger charge is 2.68. The summed E-state index contributed by atoms with van der Waals surface area (Å²) in [5.41, 5.74) is 0. The van der Waals surface area contributed by atoms with Crippen LogP contribution in [0, 0.1) is 0 Å². The molecule has 0 bridgehead atoms. The first-order chi connectivity index (χ1) is 5.90. The van der Waals surface area contributed by atoms with Crippen LogP contribution in [0.5, 0.6) is 0 Å². The van der Waals surface area contributed by atoms with E-state index < -0.39 is 24.4 Å². The summed E-state index contributed by atoms with van der Waals surface area (Å²) >= 11 is 0. The molecule has 0 aromatic heterocycles. The van der Waals surface area contributed by atoms with E-state index in [-0.39, 0.29) is 0 Å². The molecule has 1 atom stereocenters. The number of hydrogen-bond acceptors (Lipinski definition) is 2. The first kappa shape index (κ1) is 13.1. The fraction of sp³-hybridized carbons (Fsp3) is 0.750. The Morgan fingerprint density at radius 3 is 1.36 bits per heavy atom. The standard InChI is InChI=1S/C4F8O2/c5-1(13)2(6,3(7,8)9)14-4(10,11)12/t2-/m1/s1. The average Bonchev–Trinajstić information content (AvgIpc) is 1.79. The maximum atomic E-state index is 12.1. The third kappa shape index (κ3) is 2.79.